The first-order valence-corrected chi connectivity index (χ1v) is 11.1. The second kappa shape index (κ2) is 8.41. The van der Waals surface area contributed by atoms with Crippen molar-refractivity contribution in [2.75, 3.05) is 10.7 Å². The predicted octanol–water partition coefficient (Wildman–Crippen LogP) is 3.66. The molecule has 10 heteroatoms. The standard InChI is InChI=1S/C20H15BrN4O4S/c21-19-17(25(27)28)9-13(10-23-19)12-24(20(26)15-4-2-7-22-11-15)16-5-1-3-14-6-8-30(29)18(14)16/h1-5,7,9-11H,6,8,12H2. The molecule has 0 N–H and O–H groups in total. The van der Waals surface area contributed by atoms with Gasteiger partial charge < -0.3 is 4.90 Å². The predicted molar refractivity (Wildman–Crippen MR) is 115 cm³/mol. The molecule has 0 saturated carbocycles. The van der Waals surface area contributed by atoms with E-state index in [1.807, 2.05) is 12.1 Å². The molecule has 1 amide bonds. The molecule has 1 atom stereocenters. The van der Waals surface area contributed by atoms with Crippen molar-refractivity contribution < 1.29 is 13.9 Å². The Morgan fingerprint density at radius 2 is 2.10 bits per heavy atom. The van der Waals surface area contributed by atoms with Crippen molar-refractivity contribution >= 4 is 44.0 Å². The number of fused-ring (bicyclic) bond motifs is 1. The maximum atomic E-state index is 13.4. The molecule has 1 aliphatic heterocycles. The van der Waals surface area contributed by atoms with E-state index in [0.29, 0.717) is 33.9 Å². The molecule has 8 nitrogen and oxygen atoms in total. The quantitative estimate of drug-likeness (QED) is 0.309. The van der Waals surface area contributed by atoms with Crippen molar-refractivity contribution in [3.63, 3.8) is 0 Å². The number of aromatic nitrogens is 2. The molecule has 0 saturated heterocycles. The molecule has 30 heavy (non-hydrogen) atoms. The van der Waals surface area contributed by atoms with Crippen LogP contribution in [0.2, 0.25) is 0 Å². The normalized spacial score (nSPS) is 14.9. The number of nitrogens with zero attached hydrogens (tertiary/aromatic N) is 4. The molecule has 0 radical (unpaired) electrons. The monoisotopic (exact) mass is 486 g/mol. The third kappa shape index (κ3) is 3.88. The van der Waals surface area contributed by atoms with Crippen LogP contribution in [0.4, 0.5) is 11.4 Å². The molecule has 0 fully saturated rings. The van der Waals surface area contributed by atoms with Crippen LogP contribution in [0.25, 0.3) is 0 Å². The molecule has 0 spiro atoms. The van der Waals surface area contributed by atoms with Gasteiger partial charge in [0.05, 0.1) is 38.4 Å². The minimum Gasteiger partial charge on any atom is -0.303 e. The number of nitro groups is 1. The van der Waals surface area contributed by atoms with Gasteiger partial charge in [-0.25, -0.2) is 4.98 Å². The fraction of sp³-hybridized carbons (Fsp3) is 0.150. The Morgan fingerprint density at radius 1 is 1.27 bits per heavy atom. The number of carbonyl (C=O) groups excluding carboxylic acids is 1. The number of amides is 1. The van der Waals surface area contributed by atoms with Crippen molar-refractivity contribution in [1.29, 1.82) is 0 Å². The fourth-order valence-corrected chi connectivity index (χ4v) is 5.18. The number of halogens is 1. The molecule has 0 bridgehead atoms. The summed E-state index contributed by atoms with van der Waals surface area (Å²) in [5.41, 5.74) is 2.11. The second-order valence-electron chi connectivity index (χ2n) is 6.61. The van der Waals surface area contributed by atoms with Crippen molar-refractivity contribution in [3.8, 4) is 0 Å². The van der Waals surface area contributed by atoms with Gasteiger partial charge in [-0.15, -0.1) is 0 Å². The zero-order chi connectivity index (χ0) is 21.3. The highest BCUT2D eigenvalue weighted by atomic mass is 79.9. The third-order valence-electron chi connectivity index (χ3n) is 4.72. The summed E-state index contributed by atoms with van der Waals surface area (Å²) in [7, 11) is -1.22. The number of pyridine rings is 2. The highest BCUT2D eigenvalue weighted by Crippen LogP contribution is 2.34. The van der Waals surface area contributed by atoms with E-state index < -0.39 is 15.7 Å². The fourth-order valence-electron chi connectivity index (χ4n) is 3.33. The van der Waals surface area contributed by atoms with Crippen LogP contribution in [0.3, 0.4) is 0 Å². The van der Waals surface area contributed by atoms with Crippen LogP contribution in [-0.4, -0.2) is 30.8 Å². The molecule has 2 aromatic heterocycles. The highest BCUT2D eigenvalue weighted by molar-refractivity contribution is 9.10. The number of rotatable bonds is 5. The van der Waals surface area contributed by atoms with E-state index in [0.717, 1.165) is 5.56 Å². The first kappa shape index (κ1) is 20.3. The molecule has 3 heterocycles. The summed E-state index contributed by atoms with van der Waals surface area (Å²) in [5.74, 6) is 0.165. The van der Waals surface area contributed by atoms with Crippen LogP contribution in [-0.2, 0) is 23.8 Å². The molecule has 3 aromatic rings. The number of anilines is 1. The number of benzene rings is 1. The van der Waals surface area contributed by atoms with Gasteiger partial charge in [0.1, 0.15) is 0 Å². The Hall–Kier alpha value is -2.98. The van der Waals surface area contributed by atoms with Gasteiger partial charge in [0.2, 0.25) is 0 Å². The summed E-state index contributed by atoms with van der Waals surface area (Å²) in [4.78, 5) is 34.3. The molecule has 1 unspecified atom stereocenters. The topological polar surface area (TPSA) is 106 Å². The zero-order valence-corrected chi connectivity index (χ0v) is 17.9. The summed E-state index contributed by atoms with van der Waals surface area (Å²) >= 11 is 3.07. The van der Waals surface area contributed by atoms with Gasteiger partial charge in [-0.05, 0) is 51.7 Å². The Labute approximate surface area is 182 Å². The number of carbonyl (C=O) groups is 1. The van der Waals surface area contributed by atoms with E-state index in [4.69, 9.17) is 0 Å². The van der Waals surface area contributed by atoms with Crippen molar-refractivity contribution in [2.24, 2.45) is 0 Å². The van der Waals surface area contributed by atoms with E-state index >= 15 is 0 Å². The lowest BCUT2D eigenvalue weighted by atomic mass is 10.1. The minimum atomic E-state index is -1.22. The van der Waals surface area contributed by atoms with Crippen LogP contribution in [0.15, 0.2) is 64.5 Å². The van der Waals surface area contributed by atoms with Gasteiger partial charge >= 0.3 is 5.69 Å². The minimum absolute atomic E-state index is 0.0303. The average molecular weight is 487 g/mol. The van der Waals surface area contributed by atoms with Crippen LogP contribution in [0, 0.1) is 10.1 Å². The maximum absolute atomic E-state index is 13.4. The summed E-state index contributed by atoms with van der Waals surface area (Å²) in [6.45, 7) is 0.0303. The van der Waals surface area contributed by atoms with E-state index in [9.17, 15) is 19.1 Å². The van der Waals surface area contributed by atoms with Crippen molar-refractivity contribution in [3.05, 3.63) is 86.4 Å². The molecule has 152 valence electrons. The van der Waals surface area contributed by atoms with Crippen molar-refractivity contribution in [1.82, 2.24) is 9.97 Å². The SMILES string of the molecule is O=C(c1cccnc1)N(Cc1cnc(Br)c([N+](=O)[O-])c1)c1cccc2c1S(=O)CC2. The smallest absolute Gasteiger partial charge is 0.302 e. The maximum Gasteiger partial charge on any atom is 0.302 e. The lowest BCUT2D eigenvalue weighted by Gasteiger charge is -2.25. The van der Waals surface area contributed by atoms with Crippen LogP contribution in [0.1, 0.15) is 21.5 Å². The van der Waals surface area contributed by atoms with Gasteiger partial charge in [-0.3, -0.25) is 24.1 Å². The van der Waals surface area contributed by atoms with Gasteiger partial charge in [0, 0.05) is 30.4 Å². The summed E-state index contributed by atoms with van der Waals surface area (Å²) in [6, 6.07) is 10.2. The van der Waals surface area contributed by atoms with E-state index in [2.05, 4.69) is 25.9 Å². The van der Waals surface area contributed by atoms with Crippen LogP contribution >= 0.6 is 15.9 Å². The lowest BCUT2D eigenvalue weighted by Crippen LogP contribution is -2.31. The summed E-state index contributed by atoms with van der Waals surface area (Å²) in [5, 5.41) is 11.3. The van der Waals surface area contributed by atoms with Gasteiger partial charge in [0.25, 0.3) is 5.91 Å². The zero-order valence-electron chi connectivity index (χ0n) is 15.5. The van der Waals surface area contributed by atoms with Gasteiger partial charge in [-0.2, -0.15) is 0 Å². The Kier molecular flexibility index (Phi) is 5.69. The van der Waals surface area contributed by atoms with E-state index in [1.54, 1.807) is 24.4 Å². The molecular formula is C20H15BrN4O4S. The highest BCUT2D eigenvalue weighted by Gasteiger charge is 2.28. The Bertz CT molecular complexity index is 1170. The van der Waals surface area contributed by atoms with Crippen molar-refractivity contribution in [2.45, 2.75) is 17.9 Å². The van der Waals surface area contributed by atoms with Gasteiger partial charge in [-0.1, -0.05) is 12.1 Å². The number of hydrogen-bond donors (Lipinski definition) is 0. The first-order chi connectivity index (χ1) is 14.5. The third-order valence-corrected chi connectivity index (χ3v) is 6.83. The molecule has 0 aliphatic carbocycles. The summed E-state index contributed by atoms with van der Waals surface area (Å²) < 4.78 is 12.8. The molecular weight excluding hydrogens is 472 g/mol. The first-order valence-electron chi connectivity index (χ1n) is 8.96. The average Bonchev–Trinajstić information content (AvgIpc) is 3.14. The molecule has 1 aromatic carbocycles. The molecule has 4 rings (SSSR count). The Morgan fingerprint density at radius 3 is 2.83 bits per heavy atom. The van der Waals surface area contributed by atoms with E-state index in [1.165, 1.54) is 23.4 Å². The van der Waals surface area contributed by atoms with Crippen LogP contribution in [0.5, 0.6) is 0 Å². The number of hydrogen-bond acceptors (Lipinski definition) is 6. The second-order valence-corrected chi connectivity index (χ2v) is 8.87. The van der Waals surface area contributed by atoms with Crippen LogP contribution < -0.4 is 4.90 Å². The van der Waals surface area contributed by atoms with E-state index in [-0.39, 0.29) is 22.7 Å². The van der Waals surface area contributed by atoms with Gasteiger partial charge in [0.15, 0.2) is 4.60 Å². The molecule has 1 aliphatic rings. The Balaban J connectivity index is 1.81. The largest absolute Gasteiger partial charge is 0.303 e. The summed E-state index contributed by atoms with van der Waals surface area (Å²) in [6.07, 6.45) is 5.17. The number of aryl methyl sites for hydroxylation is 1. The lowest BCUT2D eigenvalue weighted by molar-refractivity contribution is -0.386.